The summed E-state index contributed by atoms with van der Waals surface area (Å²) in [6.07, 6.45) is 0.210. The second kappa shape index (κ2) is 9.76. The molecule has 0 aliphatic rings. The quantitative estimate of drug-likeness (QED) is 0.728. The number of ether oxygens (including phenoxy) is 1. The van der Waals surface area contributed by atoms with E-state index in [0.717, 1.165) is 6.42 Å². The van der Waals surface area contributed by atoms with E-state index in [-0.39, 0.29) is 11.8 Å². The summed E-state index contributed by atoms with van der Waals surface area (Å²) >= 11 is 0. The van der Waals surface area contributed by atoms with Gasteiger partial charge in [0.2, 0.25) is 0 Å². The second-order valence-electron chi connectivity index (χ2n) is 6.81. The van der Waals surface area contributed by atoms with E-state index >= 15 is 0 Å². The van der Waals surface area contributed by atoms with E-state index in [1.54, 1.807) is 31.2 Å². The van der Waals surface area contributed by atoms with Crippen molar-refractivity contribution in [2.75, 3.05) is 11.9 Å². The van der Waals surface area contributed by atoms with Gasteiger partial charge in [0, 0.05) is 17.8 Å². The highest BCUT2D eigenvalue weighted by atomic mass is 16.5. The minimum atomic E-state index is -0.660. The predicted octanol–water partition coefficient (Wildman–Crippen LogP) is 4.36. The highest BCUT2D eigenvalue weighted by molar-refractivity contribution is 5.98. The van der Waals surface area contributed by atoms with E-state index in [2.05, 4.69) is 24.5 Å². The normalized spacial score (nSPS) is 11.7. The minimum absolute atomic E-state index is 0.150. The van der Waals surface area contributed by atoms with Gasteiger partial charge in [0.15, 0.2) is 6.10 Å². The lowest BCUT2D eigenvalue weighted by atomic mass is 10.0. The lowest BCUT2D eigenvalue weighted by Crippen LogP contribution is -2.30. The van der Waals surface area contributed by atoms with Gasteiger partial charge in [0.1, 0.15) is 5.75 Å². The Bertz CT molecular complexity index is 769. The van der Waals surface area contributed by atoms with Crippen molar-refractivity contribution >= 4 is 17.5 Å². The van der Waals surface area contributed by atoms with Crippen LogP contribution in [0.25, 0.3) is 0 Å². The summed E-state index contributed by atoms with van der Waals surface area (Å²) in [6, 6.07) is 14.6. The van der Waals surface area contributed by atoms with E-state index in [9.17, 15) is 9.59 Å². The van der Waals surface area contributed by atoms with Crippen LogP contribution in [-0.4, -0.2) is 24.5 Å². The predicted molar refractivity (Wildman–Crippen MR) is 108 cm³/mol. The van der Waals surface area contributed by atoms with Crippen LogP contribution in [0.15, 0.2) is 48.5 Å². The summed E-state index contributed by atoms with van der Waals surface area (Å²) in [5.74, 6) is 0.674. The molecule has 2 amide bonds. The molecule has 0 saturated heterocycles. The van der Waals surface area contributed by atoms with Gasteiger partial charge in [-0.15, -0.1) is 0 Å². The molecule has 0 bridgehead atoms. The van der Waals surface area contributed by atoms with Gasteiger partial charge in [0.05, 0.1) is 0 Å². The van der Waals surface area contributed by atoms with Gasteiger partial charge in [-0.1, -0.05) is 39.0 Å². The molecule has 0 heterocycles. The summed E-state index contributed by atoms with van der Waals surface area (Å²) in [5, 5.41) is 5.62. The standard InChI is InChI=1S/C22H28N2O3/c1-5-13-23-22(26)18-7-6-8-19(14-18)24-21(25)16(4)27-20-11-9-17(10-12-20)15(2)3/h6-12,14-16H,5,13H2,1-4H3,(H,23,26)(H,24,25). The van der Waals surface area contributed by atoms with Gasteiger partial charge in [-0.25, -0.2) is 0 Å². The molecule has 0 radical (unpaired) electrons. The summed E-state index contributed by atoms with van der Waals surface area (Å²) in [6.45, 7) is 8.57. The molecule has 5 heteroatoms. The molecule has 144 valence electrons. The molecule has 1 atom stereocenters. The van der Waals surface area contributed by atoms with Crippen LogP contribution in [-0.2, 0) is 4.79 Å². The summed E-state index contributed by atoms with van der Waals surface area (Å²) in [5.41, 5.74) is 2.30. The average Bonchev–Trinajstić information content (AvgIpc) is 2.66. The first-order valence-corrected chi connectivity index (χ1v) is 9.36. The van der Waals surface area contributed by atoms with Crippen LogP contribution in [0.2, 0.25) is 0 Å². The summed E-state index contributed by atoms with van der Waals surface area (Å²) in [7, 11) is 0. The number of carbonyl (C=O) groups is 2. The van der Waals surface area contributed by atoms with Crippen LogP contribution in [0.5, 0.6) is 5.75 Å². The molecule has 2 rings (SSSR count). The molecule has 0 aliphatic carbocycles. The Morgan fingerprint density at radius 2 is 1.74 bits per heavy atom. The van der Waals surface area contributed by atoms with Crippen molar-refractivity contribution in [2.45, 2.75) is 46.1 Å². The van der Waals surface area contributed by atoms with Crippen molar-refractivity contribution in [1.29, 1.82) is 0 Å². The van der Waals surface area contributed by atoms with E-state index in [1.165, 1.54) is 5.56 Å². The second-order valence-corrected chi connectivity index (χ2v) is 6.81. The summed E-state index contributed by atoms with van der Waals surface area (Å²) in [4.78, 5) is 24.5. The van der Waals surface area contributed by atoms with Crippen molar-refractivity contribution < 1.29 is 14.3 Å². The highest BCUT2D eigenvalue weighted by Gasteiger charge is 2.16. The molecule has 0 fully saturated rings. The van der Waals surface area contributed by atoms with E-state index in [0.29, 0.717) is 29.5 Å². The summed E-state index contributed by atoms with van der Waals surface area (Å²) < 4.78 is 5.72. The Morgan fingerprint density at radius 3 is 2.37 bits per heavy atom. The molecular weight excluding hydrogens is 340 g/mol. The number of carbonyl (C=O) groups excluding carboxylic acids is 2. The van der Waals surface area contributed by atoms with Gasteiger partial charge >= 0.3 is 0 Å². The van der Waals surface area contributed by atoms with Crippen LogP contribution in [0.4, 0.5) is 5.69 Å². The van der Waals surface area contributed by atoms with Crippen LogP contribution in [0, 0.1) is 0 Å². The Hall–Kier alpha value is -2.82. The van der Waals surface area contributed by atoms with Gasteiger partial charge in [-0.3, -0.25) is 9.59 Å². The first kappa shape index (κ1) is 20.5. The van der Waals surface area contributed by atoms with Crippen LogP contribution in [0.3, 0.4) is 0 Å². The molecule has 2 N–H and O–H groups in total. The molecule has 0 saturated carbocycles. The van der Waals surface area contributed by atoms with Crippen molar-refractivity contribution in [3.63, 3.8) is 0 Å². The molecule has 27 heavy (non-hydrogen) atoms. The van der Waals surface area contributed by atoms with Crippen LogP contribution >= 0.6 is 0 Å². The van der Waals surface area contributed by atoms with E-state index < -0.39 is 6.10 Å². The number of benzene rings is 2. The van der Waals surface area contributed by atoms with Crippen molar-refractivity contribution in [3.8, 4) is 5.75 Å². The van der Waals surface area contributed by atoms with Gasteiger partial charge in [-0.2, -0.15) is 0 Å². The van der Waals surface area contributed by atoms with Crippen LogP contribution < -0.4 is 15.4 Å². The molecular formula is C22H28N2O3. The largest absolute Gasteiger partial charge is 0.481 e. The maximum atomic E-state index is 12.4. The highest BCUT2D eigenvalue weighted by Crippen LogP contribution is 2.20. The average molecular weight is 368 g/mol. The zero-order chi connectivity index (χ0) is 19.8. The van der Waals surface area contributed by atoms with Gasteiger partial charge < -0.3 is 15.4 Å². The van der Waals surface area contributed by atoms with Crippen molar-refractivity contribution in [1.82, 2.24) is 5.32 Å². The minimum Gasteiger partial charge on any atom is -0.481 e. The monoisotopic (exact) mass is 368 g/mol. The lowest BCUT2D eigenvalue weighted by Gasteiger charge is -2.16. The van der Waals surface area contributed by atoms with E-state index in [4.69, 9.17) is 4.74 Å². The molecule has 5 nitrogen and oxygen atoms in total. The molecule has 2 aromatic carbocycles. The fraction of sp³-hybridized carbons (Fsp3) is 0.364. The smallest absolute Gasteiger partial charge is 0.265 e. The lowest BCUT2D eigenvalue weighted by molar-refractivity contribution is -0.122. The number of anilines is 1. The van der Waals surface area contributed by atoms with Crippen molar-refractivity contribution in [3.05, 3.63) is 59.7 Å². The number of amides is 2. The third-order valence-electron chi connectivity index (χ3n) is 4.16. The number of rotatable bonds is 8. The van der Waals surface area contributed by atoms with Gasteiger partial charge in [-0.05, 0) is 55.2 Å². The van der Waals surface area contributed by atoms with Crippen LogP contribution in [0.1, 0.15) is 56.0 Å². The van der Waals surface area contributed by atoms with E-state index in [1.807, 2.05) is 31.2 Å². The maximum Gasteiger partial charge on any atom is 0.265 e. The Labute approximate surface area is 161 Å². The fourth-order valence-corrected chi connectivity index (χ4v) is 2.51. The fourth-order valence-electron chi connectivity index (χ4n) is 2.51. The third-order valence-corrected chi connectivity index (χ3v) is 4.16. The molecule has 0 spiro atoms. The Balaban J connectivity index is 1.96. The number of hydrogen-bond acceptors (Lipinski definition) is 3. The molecule has 1 unspecified atom stereocenters. The maximum absolute atomic E-state index is 12.4. The Morgan fingerprint density at radius 1 is 1.04 bits per heavy atom. The Kier molecular flexibility index (Phi) is 7.41. The first-order valence-electron chi connectivity index (χ1n) is 9.36. The third kappa shape index (κ3) is 6.13. The molecule has 2 aromatic rings. The van der Waals surface area contributed by atoms with Crippen molar-refractivity contribution in [2.24, 2.45) is 0 Å². The molecule has 0 aliphatic heterocycles. The zero-order valence-corrected chi connectivity index (χ0v) is 16.4. The topological polar surface area (TPSA) is 67.4 Å². The SMILES string of the molecule is CCCNC(=O)c1cccc(NC(=O)C(C)Oc2ccc(C(C)C)cc2)c1. The number of nitrogens with one attached hydrogen (secondary N) is 2. The molecule has 0 aromatic heterocycles. The first-order chi connectivity index (χ1) is 12.9. The zero-order valence-electron chi connectivity index (χ0n) is 16.4. The number of hydrogen-bond donors (Lipinski definition) is 2. The van der Waals surface area contributed by atoms with Gasteiger partial charge in [0.25, 0.3) is 11.8 Å².